The molecule has 0 fully saturated rings. The van der Waals surface area contributed by atoms with E-state index in [0.717, 1.165) is 17.7 Å². The molecule has 5 nitrogen and oxygen atoms in total. The summed E-state index contributed by atoms with van der Waals surface area (Å²) in [7, 11) is 1.86. The van der Waals surface area contributed by atoms with Gasteiger partial charge in [0, 0.05) is 18.8 Å². The first-order valence-electron chi connectivity index (χ1n) is 5.96. The van der Waals surface area contributed by atoms with Crippen LogP contribution in [0, 0.1) is 6.92 Å². The molecule has 0 spiro atoms. The molecule has 18 heavy (non-hydrogen) atoms. The van der Waals surface area contributed by atoms with Gasteiger partial charge in [0.15, 0.2) is 5.76 Å². The van der Waals surface area contributed by atoms with Gasteiger partial charge < -0.3 is 9.73 Å². The highest BCUT2D eigenvalue weighted by Crippen LogP contribution is 2.17. The van der Waals surface area contributed by atoms with E-state index in [2.05, 4.69) is 10.4 Å². The van der Waals surface area contributed by atoms with Crippen molar-refractivity contribution in [3.63, 3.8) is 0 Å². The molecule has 1 unspecified atom stereocenters. The van der Waals surface area contributed by atoms with Crippen LogP contribution in [0.1, 0.15) is 41.2 Å². The molecule has 0 aromatic carbocycles. The third-order valence-corrected chi connectivity index (χ3v) is 3.00. The Morgan fingerprint density at radius 3 is 2.83 bits per heavy atom. The molecule has 0 radical (unpaired) electrons. The van der Waals surface area contributed by atoms with E-state index in [4.69, 9.17) is 4.42 Å². The number of nitrogens with zero attached hydrogens (tertiary/aromatic N) is 2. The van der Waals surface area contributed by atoms with Crippen molar-refractivity contribution in [2.75, 3.05) is 0 Å². The molecule has 0 saturated carbocycles. The Kier molecular flexibility index (Phi) is 3.50. The molecule has 1 amide bonds. The SMILES string of the molecule is CCC(NC(=O)c1occc1C)c1ccnn1C. The highest BCUT2D eigenvalue weighted by atomic mass is 16.3. The standard InChI is InChI=1S/C13H17N3O2/c1-4-10(11-5-7-14-16(11)3)15-13(17)12-9(2)6-8-18-12/h5-8,10H,4H2,1-3H3,(H,15,17). The first-order valence-corrected chi connectivity index (χ1v) is 5.96. The summed E-state index contributed by atoms with van der Waals surface area (Å²) < 4.78 is 6.95. The fraction of sp³-hybridized carbons (Fsp3) is 0.385. The molecular weight excluding hydrogens is 230 g/mol. The van der Waals surface area contributed by atoms with Crippen LogP contribution in [0.2, 0.25) is 0 Å². The highest BCUT2D eigenvalue weighted by molar-refractivity contribution is 5.93. The maximum atomic E-state index is 12.1. The summed E-state index contributed by atoms with van der Waals surface area (Å²) in [6, 6.07) is 3.62. The lowest BCUT2D eigenvalue weighted by atomic mass is 10.1. The van der Waals surface area contributed by atoms with Crippen LogP contribution in [0.25, 0.3) is 0 Å². The molecule has 2 aromatic rings. The van der Waals surface area contributed by atoms with Crippen molar-refractivity contribution < 1.29 is 9.21 Å². The molecule has 0 saturated heterocycles. The normalized spacial score (nSPS) is 12.4. The number of hydrogen-bond donors (Lipinski definition) is 1. The van der Waals surface area contributed by atoms with Crippen molar-refractivity contribution >= 4 is 5.91 Å². The molecule has 96 valence electrons. The first kappa shape index (κ1) is 12.4. The van der Waals surface area contributed by atoms with Gasteiger partial charge in [0.2, 0.25) is 0 Å². The zero-order valence-corrected chi connectivity index (χ0v) is 10.8. The minimum atomic E-state index is -0.189. The number of nitrogens with one attached hydrogen (secondary N) is 1. The molecule has 2 aromatic heterocycles. The van der Waals surface area contributed by atoms with Crippen molar-refractivity contribution in [3.8, 4) is 0 Å². The highest BCUT2D eigenvalue weighted by Gasteiger charge is 2.19. The van der Waals surface area contributed by atoms with E-state index in [1.165, 1.54) is 6.26 Å². The smallest absolute Gasteiger partial charge is 0.287 e. The predicted octanol–water partition coefficient (Wildman–Crippen LogP) is 2.20. The van der Waals surface area contributed by atoms with Crippen LogP contribution in [0.5, 0.6) is 0 Å². The largest absolute Gasteiger partial charge is 0.459 e. The summed E-state index contributed by atoms with van der Waals surface area (Å²) in [5, 5.41) is 7.07. The molecule has 0 aliphatic heterocycles. The summed E-state index contributed by atoms with van der Waals surface area (Å²) in [5.74, 6) is 0.182. The van der Waals surface area contributed by atoms with Crippen molar-refractivity contribution in [2.24, 2.45) is 7.05 Å². The Labute approximate surface area is 106 Å². The monoisotopic (exact) mass is 247 g/mol. The maximum absolute atomic E-state index is 12.1. The maximum Gasteiger partial charge on any atom is 0.287 e. The van der Waals surface area contributed by atoms with Crippen LogP contribution in [0.3, 0.4) is 0 Å². The Morgan fingerprint density at radius 1 is 1.56 bits per heavy atom. The van der Waals surface area contributed by atoms with E-state index in [-0.39, 0.29) is 11.9 Å². The second kappa shape index (κ2) is 5.08. The molecular formula is C13H17N3O2. The molecule has 2 rings (SSSR count). The van der Waals surface area contributed by atoms with Gasteiger partial charge in [0.1, 0.15) is 0 Å². The fourth-order valence-corrected chi connectivity index (χ4v) is 1.94. The van der Waals surface area contributed by atoms with E-state index in [1.807, 2.05) is 27.0 Å². The van der Waals surface area contributed by atoms with Crippen molar-refractivity contribution in [3.05, 3.63) is 41.6 Å². The van der Waals surface area contributed by atoms with Gasteiger partial charge >= 0.3 is 0 Å². The molecule has 5 heteroatoms. The summed E-state index contributed by atoms with van der Waals surface area (Å²) in [6.45, 7) is 3.87. The van der Waals surface area contributed by atoms with Crippen LogP contribution in [0.4, 0.5) is 0 Å². The lowest BCUT2D eigenvalue weighted by molar-refractivity contribution is 0.0905. The Balaban J connectivity index is 2.15. The van der Waals surface area contributed by atoms with Gasteiger partial charge in [-0.25, -0.2) is 0 Å². The van der Waals surface area contributed by atoms with Crippen LogP contribution in [-0.4, -0.2) is 15.7 Å². The quantitative estimate of drug-likeness (QED) is 0.901. The molecule has 0 aliphatic carbocycles. The van der Waals surface area contributed by atoms with Crippen LogP contribution in [0.15, 0.2) is 29.0 Å². The number of carbonyl (C=O) groups is 1. The minimum absolute atomic E-state index is 0.0606. The number of aromatic nitrogens is 2. The van der Waals surface area contributed by atoms with Crippen molar-refractivity contribution in [1.82, 2.24) is 15.1 Å². The Bertz CT molecular complexity index is 542. The van der Waals surface area contributed by atoms with Gasteiger partial charge in [-0.3, -0.25) is 9.48 Å². The Morgan fingerprint density at radius 2 is 2.33 bits per heavy atom. The topological polar surface area (TPSA) is 60.1 Å². The zero-order valence-electron chi connectivity index (χ0n) is 10.8. The lowest BCUT2D eigenvalue weighted by Crippen LogP contribution is -2.29. The summed E-state index contributed by atoms with van der Waals surface area (Å²) in [6.07, 6.45) is 4.04. The Hall–Kier alpha value is -2.04. The van der Waals surface area contributed by atoms with Crippen molar-refractivity contribution in [2.45, 2.75) is 26.3 Å². The first-order chi connectivity index (χ1) is 8.63. The van der Waals surface area contributed by atoms with E-state index in [9.17, 15) is 4.79 Å². The van der Waals surface area contributed by atoms with Gasteiger partial charge in [0.05, 0.1) is 18.0 Å². The molecule has 0 bridgehead atoms. The van der Waals surface area contributed by atoms with Crippen LogP contribution < -0.4 is 5.32 Å². The number of rotatable bonds is 4. The van der Waals surface area contributed by atoms with E-state index < -0.39 is 0 Å². The number of aryl methyl sites for hydroxylation is 2. The molecule has 2 heterocycles. The van der Waals surface area contributed by atoms with Crippen LogP contribution >= 0.6 is 0 Å². The van der Waals surface area contributed by atoms with E-state index >= 15 is 0 Å². The van der Waals surface area contributed by atoms with E-state index in [1.54, 1.807) is 16.9 Å². The molecule has 1 N–H and O–H groups in total. The fourth-order valence-electron chi connectivity index (χ4n) is 1.94. The zero-order chi connectivity index (χ0) is 13.1. The third kappa shape index (κ3) is 2.30. The lowest BCUT2D eigenvalue weighted by Gasteiger charge is -2.16. The average molecular weight is 247 g/mol. The molecule has 1 atom stereocenters. The number of carbonyl (C=O) groups excluding carboxylic acids is 1. The number of amides is 1. The third-order valence-electron chi connectivity index (χ3n) is 3.00. The summed E-state index contributed by atoms with van der Waals surface area (Å²) in [4.78, 5) is 12.1. The van der Waals surface area contributed by atoms with Gasteiger partial charge in [-0.1, -0.05) is 6.92 Å². The van der Waals surface area contributed by atoms with Gasteiger partial charge in [-0.05, 0) is 25.5 Å². The number of furan rings is 1. The second-order valence-corrected chi connectivity index (χ2v) is 4.25. The average Bonchev–Trinajstić information content (AvgIpc) is 2.95. The number of hydrogen-bond acceptors (Lipinski definition) is 3. The predicted molar refractivity (Wildman–Crippen MR) is 67.2 cm³/mol. The van der Waals surface area contributed by atoms with Crippen LogP contribution in [-0.2, 0) is 7.05 Å². The van der Waals surface area contributed by atoms with Gasteiger partial charge in [0.25, 0.3) is 5.91 Å². The van der Waals surface area contributed by atoms with Gasteiger partial charge in [-0.2, -0.15) is 5.10 Å². The minimum Gasteiger partial charge on any atom is -0.459 e. The van der Waals surface area contributed by atoms with Gasteiger partial charge in [-0.15, -0.1) is 0 Å². The molecule has 0 aliphatic rings. The summed E-state index contributed by atoms with van der Waals surface area (Å²) in [5.41, 5.74) is 1.82. The van der Waals surface area contributed by atoms with Crippen molar-refractivity contribution in [1.29, 1.82) is 0 Å². The summed E-state index contributed by atoms with van der Waals surface area (Å²) >= 11 is 0. The second-order valence-electron chi connectivity index (χ2n) is 4.25. The van der Waals surface area contributed by atoms with E-state index in [0.29, 0.717) is 5.76 Å².